The molecule has 4 nitrogen and oxygen atoms in total. The number of benzene rings is 1. The van der Waals surface area contributed by atoms with Gasteiger partial charge in [0.05, 0.1) is 6.61 Å². The second-order valence-corrected chi connectivity index (χ2v) is 10.6. The van der Waals surface area contributed by atoms with Gasteiger partial charge in [-0.25, -0.2) is 0 Å². The molecule has 0 N–H and O–H groups in total. The van der Waals surface area contributed by atoms with Crippen LogP contribution in [0.4, 0.5) is 0 Å². The van der Waals surface area contributed by atoms with Crippen LogP contribution in [0.15, 0.2) is 28.7 Å². The van der Waals surface area contributed by atoms with E-state index >= 15 is 0 Å². The van der Waals surface area contributed by atoms with E-state index < -0.39 is 17.4 Å². The third-order valence-electron chi connectivity index (χ3n) is 6.98. The molecule has 5 heteroatoms. The van der Waals surface area contributed by atoms with Gasteiger partial charge >= 0.3 is 11.9 Å². The minimum Gasteiger partial charge on any atom is -0.465 e. The molecular weight excluding hydrogens is 504 g/mol. The summed E-state index contributed by atoms with van der Waals surface area (Å²) in [6, 6.07) is 7.61. The number of carbonyl (C=O) groups excluding carboxylic acids is 2. The Kier molecular flexibility index (Phi) is 17.9. The maximum absolute atomic E-state index is 12.9. The molecule has 0 amide bonds. The van der Waals surface area contributed by atoms with Crippen molar-refractivity contribution < 1.29 is 19.1 Å². The zero-order chi connectivity index (χ0) is 25.8. The Morgan fingerprint density at radius 3 is 1.69 bits per heavy atom. The minimum atomic E-state index is -1.22. The average Bonchev–Trinajstić information content (AvgIpc) is 2.86. The summed E-state index contributed by atoms with van der Waals surface area (Å²) in [5, 5.41) is 0. The molecule has 0 bridgehead atoms. The van der Waals surface area contributed by atoms with Crippen molar-refractivity contribution in [2.75, 3.05) is 6.61 Å². The lowest BCUT2D eigenvalue weighted by Crippen LogP contribution is -2.41. The van der Waals surface area contributed by atoms with E-state index in [1.54, 1.807) is 0 Å². The largest absolute Gasteiger partial charge is 0.465 e. The van der Waals surface area contributed by atoms with Gasteiger partial charge in [-0.15, -0.1) is 0 Å². The number of hydrogen-bond donors (Lipinski definition) is 0. The van der Waals surface area contributed by atoms with Crippen molar-refractivity contribution in [1.29, 1.82) is 0 Å². The van der Waals surface area contributed by atoms with Gasteiger partial charge in [0.25, 0.3) is 0 Å². The highest BCUT2D eigenvalue weighted by Gasteiger charge is 2.45. The number of hydrogen-bond acceptors (Lipinski definition) is 4. The molecule has 1 rings (SSSR count). The van der Waals surface area contributed by atoms with Crippen LogP contribution in [-0.2, 0) is 25.7 Å². The van der Waals surface area contributed by atoms with Gasteiger partial charge in [0.2, 0.25) is 0 Å². The van der Waals surface area contributed by atoms with E-state index in [0.29, 0.717) is 19.4 Å². The third kappa shape index (κ3) is 13.0. The molecule has 0 aromatic heterocycles. The quantitative estimate of drug-likeness (QED) is 0.0865. The molecule has 0 unspecified atom stereocenters. The SMILES string of the molecule is CCCCCCCCCCCCCCCCOC(=O)C(CC)(CC)C(=O)OCc1cccc(Br)c1. The van der Waals surface area contributed by atoms with Crippen LogP contribution in [-0.4, -0.2) is 18.5 Å². The molecule has 35 heavy (non-hydrogen) atoms. The normalized spacial score (nSPS) is 11.4. The highest BCUT2D eigenvalue weighted by atomic mass is 79.9. The molecule has 0 heterocycles. The second kappa shape index (κ2) is 19.8. The van der Waals surface area contributed by atoms with Crippen molar-refractivity contribution in [2.24, 2.45) is 5.41 Å². The van der Waals surface area contributed by atoms with E-state index in [4.69, 9.17) is 9.47 Å². The Labute approximate surface area is 223 Å². The van der Waals surface area contributed by atoms with E-state index in [2.05, 4.69) is 22.9 Å². The van der Waals surface area contributed by atoms with Gasteiger partial charge in [-0.05, 0) is 37.0 Å². The summed E-state index contributed by atoms with van der Waals surface area (Å²) in [5.41, 5.74) is -0.341. The first-order valence-electron chi connectivity index (χ1n) is 14.1. The highest BCUT2D eigenvalue weighted by molar-refractivity contribution is 9.10. The van der Waals surface area contributed by atoms with Crippen molar-refractivity contribution >= 4 is 27.9 Å². The minimum absolute atomic E-state index is 0.145. The van der Waals surface area contributed by atoms with E-state index in [1.807, 2.05) is 38.1 Å². The first-order chi connectivity index (χ1) is 17.0. The predicted molar refractivity (Wildman–Crippen MR) is 148 cm³/mol. The molecule has 0 atom stereocenters. The summed E-state index contributed by atoms with van der Waals surface area (Å²) in [5.74, 6) is -0.940. The zero-order valence-electron chi connectivity index (χ0n) is 22.5. The predicted octanol–water partition coefficient (Wildman–Crippen LogP) is 9.32. The van der Waals surface area contributed by atoms with Gasteiger partial charge in [-0.3, -0.25) is 9.59 Å². The molecule has 0 aliphatic heterocycles. The lowest BCUT2D eigenvalue weighted by molar-refractivity contribution is -0.174. The monoisotopic (exact) mass is 552 g/mol. The Hall–Kier alpha value is -1.36. The number of carbonyl (C=O) groups is 2. The lowest BCUT2D eigenvalue weighted by Gasteiger charge is -2.27. The van der Waals surface area contributed by atoms with E-state index in [1.165, 1.54) is 77.0 Å². The van der Waals surface area contributed by atoms with Gasteiger partial charge in [0, 0.05) is 4.47 Å². The van der Waals surface area contributed by atoms with Gasteiger partial charge in [-0.2, -0.15) is 0 Å². The topological polar surface area (TPSA) is 52.6 Å². The average molecular weight is 554 g/mol. The van der Waals surface area contributed by atoms with Gasteiger partial charge in [0.15, 0.2) is 5.41 Å². The molecule has 1 aromatic rings. The first kappa shape index (κ1) is 31.7. The molecule has 1 aromatic carbocycles. The van der Waals surface area contributed by atoms with Gasteiger partial charge in [-0.1, -0.05) is 132 Å². The number of halogens is 1. The molecule has 0 aliphatic rings. The van der Waals surface area contributed by atoms with Crippen LogP contribution in [0.3, 0.4) is 0 Å². The van der Waals surface area contributed by atoms with Crippen LogP contribution < -0.4 is 0 Å². The van der Waals surface area contributed by atoms with Gasteiger partial charge in [0.1, 0.15) is 6.61 Å². The lowest BCUT2D eigenvalue weighted by atomic mass is 9.82. The fourth-order valence-corrected chi connectivity index (χ4v) is 4.87. The fourth-order valence-electron chi connectivity index (χ4n) is 4.42. The molecule has 0 radical (unpaired) electrons. The summed E-state index contributed by atoms with van der Waals surface area (Å²) >= 11 is 3.42. The number of ether oxygens (including phenoxy) is 2. The molecule has 0 aliphatic carbocycles. The smallest absolute Gasteiger partial charge is 0.323 e. The van der Waals surface area contributed by atoms with Crippen LogP contribution in [0.2, 0.25) is 0 Å². The third-order valence-corrected chi connectivity index (χ3v) is 7.47. The Balaban J connectivity index is 2.17. The molecule has 0 fully saturated rings. The van der Waals surface area contributed by atoms with Crippen LogP contribution in [0.5, 0.6) is 0 Å². The summed E-state index contributed by atoms with van der Waals surface area (Å²) in [7, 11) is 0. The number of esters is 2. The Bertz CT molecular complexity index is 699. The maximum atomic E-state index is 12.9. The Morgan fingerprint density at radius 1 is 0.714 bits per heavy atom. The standard InChI is InChI=1S/C30H49BrO4/c1-4-7-8-9-10-11-12-13-14-15-16-17-18-19-23-34-28(32)30(5-2,6-3)29(33)35-25-26-21-20-22-27(31)24-26/h20-22,24H,4-19,23,25H2,1-3H3. The highest BCUT2D eigenvalue weighted by Crippen LogP contribution is 2.31. The van der Waals surface area contributed by atoms with Crippen molar-refractivity contribution in [3.63, 3.8) is 0 Å². The van der Waals surface area contributed by atoms with Crippen LogP contribution >= 0.6 is 15.9 Å². The Morgan fingerprint density at radius 2 is 1.20 bits per heavy atom. The van der Waals surface area contributed by atoms with Crippen LogP contribution in [0.1, 0.15) is 129 Å². The molecule has 0 saturated heterocycles. The maximum Gasteiger partial charge on any atom is 0.323 e. The number of rotatable bonds is 21. The fraction of sp³-hybridized carbons (Fsp3) is 0.733. The van der Waals surface area contributed by atoms with Crippen molar-refractivity contribution in [3.8, 4) is 0 Å². The summed E-state index contributed by atoms with van der Waals surface area (Å²) < 4.78 is 12.0. The van der Waals surface area contributed by atoms with Crippen molar-refractivity contribution in [3.05, 3.63) is 34.3 Å². The zero-order valence-corrected chi connectivity index (χ0v) is 24.1. The summed E-state index contributed by atoms with van der Waals surface area (Å²) in [6.45, 7) is 6.47. The van der Waals surface area contributed by atoms with Crippen molar-refractivity contribution in [2.45, 2.75) is 130 Å². The number of unbranched alkanes of at least 4 members (excludes halogenated alkanes) is 13. The van der Waals surface area contributed by atoms with E-state index in [9.17, 15) is 9.59 Å². The molecular formula is C30H49BrO4. The molecule has 0 spiro atoms. The second-order valence-electron chi connectivity index (χ2n) is 9.73. The van der Waals surface area contributed by atoms with Crippen molar-refractivity contribution in [1.82, 2.24) is 0 Å². The van der Waals surface area contributed by atoms with E-state index in [0.717, 1.165) is 22.9 Å². The first-order valence-corrected chi connectivity index (χ1v) is 14.9. The van der Waals surface area contributed by atoms with E-state index in [-0.39, 0.29) is 6.61 Å². The van der Waals surface area contributed by atoms with Crippen LogP contribution in [0, 0.1) is 5.41 Å². The molecule has 200 valence electrons. The van der Waals surface area contributed by atoms with Gasteiger partial charge < -0.3 is 9.47 Å². The summed E-state index contributed by atoms with van der Waals surface area (Å²) in [4.78, 5) is 25.7. The van der Waals surface area contributed by atoms with Crippen LogP contribution in [0.25, 0.3) is 0 Å². The summed E-state index contributed by atoms with van der Waals surface area (Å²) in [6.07, 6.45) is 18.8. The molecule has 0 saturated carbocycles.